The van der Waals surface area contributed by atoms with Crippen LogP contribution in [0.3, 0.4) is 0 Å². The quantitative estimate of drug-likeness (QED) is 0.567. The van der Waals surface area contributed by atoms with Crippen LogP contribution in [0.2, 0.25) is 0 Å². The van der Waals surface area contributed by atoms with Gasteiger partial charge in [-0.15, -0.1) is 11.3 Å². The number of amides is 1. The lowest BCUT2D eigenvalue weighted by molar-refractivity contribution is -0.140. The van der Waals surface area contributed by atoms with Crippen LogP contribution in [0.25, 0.3) is 21.3 Å². The molecule has 4 rings (SSSR count). The normalized spacial score (nSPS) is 17.8. The molecule has 31 heavy (non-hydrogen) atoms. The molecule has 0 radical (unpaired) electrons. The molecule has 1 aliphatic heterocycles. The molecule has 2 N–H and O–H groups in total. The van der Waals surface area contributed by atoms with Crippen LogP contribution in [-0.4, -0.2) is 51.5 Å². The van der Waals surface area contributed by atoms with Crippen molar-refractivity contribution in [3.8, 4) is 16.2 Å². The number of ether oxygens (including phenoxy) is 1. The second-order valence-corrected chi connectivity index (χ2v) is 9.16. The van der Waals surface area contributed by atoms with Crippen LogP contribution < -0.4 is 4.74 Å². The third-order valence-electron chi connectivity index (χ3n) is 5.86. The minimum absolute atomic E-state index is 0.0758. The van der Waals surface area contributed by atoms with Crippen LogP contribution in [0.4, 0.5) is 0 Å². The smallest absolute Gasteiger partial charge is 0.263 e. The first-order valence-corrected chi connectivity index (χ1v) is 11.5. The zero-order valence-electron chi connectivity index (χ0n) is 17.8. The molecule has 1 saturated heterocycles. The lowest BCUT2D eigenvalue weighted by Gasteiger charge is -2.34. The minimum Gasteiger partial charge on any atom is -0.481 e. The summed E-state index contributed by atoms with van der Waals surface area (Å²) in [5.41, 5.74) is 3.22. The molecular weight excluding hydrogens is 412 g/mol. The van der Waals surface area contributed by atoms with Gasteiger partial charge in [0.2, 0.25) is 0 Å². The SMILES string of the molecule is Cc1ccsc1-c1ccnc2cc(O[C@H](C)C(=O)N3CCC[C@H](CC(O)O)C3)ccc12. The number of carbonyl (C=O) groups is 1. The third kappa shape index (κ3) is 4.89. The Hall–Kier alpha value is -2.48. The second-order valence-electron chi connectivity index (χ2n) is 8.24. The van der Waals surface area contributed by atoms with Crippen molar-refractivity contribution in [3.63, 3.8) is 0 Å². The van der Waals surface area contributed by atoms with Crippen LogP contribution >= 0.6 is 11.3 Å². The summed E-state index contributed by atoms with van der Waals surface area (Å²) in [5, 5.41) is 21.6. The average molecular weight is 441 g/mol. The van der Waals surface area contributed by atoms with Gasteiger partial charge in [-0.05, 0) is 67.8 Å². The maximum atomic E-state index is 12.9. The van der Waals surface area contributed by atoms with E-state index in [1.807, 2.05) is 24.3 Å². The topological polar surface area (TPSA) is 82.9 Å². The molecule has 0 spiro atoms. The summed E-state index contributed by atoms with van der Waals surface area (Å²) in [4.78, 5) is 20.4. The fourth-order valence-electron chi connectivity index (χ4n) is 4.32. The molecule has 0 unspecified atom stereocenters. The van der Waals surface area contributed by atoms with E-state index in [2.05, 4.69) is 23.4 Å². The third-order valence-corrected chi connectivity index (χ3v) is 6.91. The Morgan fingerprint density at radius 1 is 1.32 bits per heavy atom. The van der Waals surface area contributed by atoms with Crippen molar-refractivity contribution in [1.29, 1.82) is 0 Å². The van der Waals surface area contributed by atoms with E-state index in [0.29, 0.717) is 25.3 Å². The number of aryl methyl sites for hydroxylation is 1. The molecule has 3 heterocycles. The monoisotopic (exact) mass is 440 g/mol. The summed E-state index contributed by atoms with van der Waals surface area (Å²) in [5.74, 6) is 0.641. The summed E-state index contributed by atoms with van der Waals surface area (Å²) in [7, 11) is 0. The molecule has 1 aliphatic rings. The first kappa shape index (κ1) is 21.7. The van der Waals surface area contributed by atoms with Crippen molar-refractivity contribution in [3.05, 3.63) is 47.5 Å². The Balaban J connectivity index is 1.48. The number of rotatable bonds is 6. The molecule has 164 valence electrons. The molecule has 0 aliphatic carbocycles. The van der Waals surface area contributed by atoms with E-state index in [4.69, 9.17) is 4.74 Å². The maximum Gasteiger partial charge on any atom is 0.263 e. The van der Waals surface area contributed by atoms with Gasteiger partial charge in [-0.3, -0.25) is 9.78 Å². The predicted octanol–water partition coefficient (Wildman–Crippen LogP) is 3.98. The largest absolute Gasteiger partial charge is 0.481 e. The van der Waals surface area contributed by atoms with Gasteiger partial charge in [0, 0.05) is 47.6 Å². The number of aromatic nitrogens is 1. The zero-order valence-corrected chi connectivity index (χ0v) is 18.6. The van der Waals surface area contributed by atoms with Gasteiger partial charge in [-0.2, -0.15) is 0 Å². The molecule has 0 saturated carbocycles. The lowest BCUT2D eigenvalue weighted by Crippen LogP contribution is -2.46. The Bertz CT molecular complexity index is 1060. The highest BCUT2D eigenvalue weighted by atomic mass is 32.1. The number of fused-ring (bicyclic) bond motifs is 1. The number of carbonyl (C=O) groups excluding carboxylic acids is 1. The van der Waals surface area contributed by atoms with Gasteiger partial charge in [-0.25, -0.2) is 0 Å². The fraction of sp³-hybridized carbons (Fsp3) is 0.417. The molecule has 6 nitrogen and oxygen atoms in total. The fourth-order valence-corrected chi connectivity index (χ4v) is 5.28. The Morgan fingerprint density at radius 3 is 2.90 bits per heavy atom. The number of aliphatic hydroxyl groups is 2. The van der Waals surface area contributed by atoms with E-state index in [1.54, 1.807) is 29.4 Å². The summed E-state index contributed by atoms with van der Waals surface area (Å²) in [6.45, 7) is 5.07. The van der Waals surface area contributed by atoms with Crippen molar-refractivity contribution >= 4 is 28.1 Å². The molecule has 2 aromatic heterocycles. The number of benzene rings is 1. The number of nitrogens with zero attached hydrogens (tertiary/aromatic N) is 2. The van der Waals surface area contributed by atoms with Gasteiger partial charge in [0.15, 0.2) is 12.4 Å². The number of likely N-dealkylation sites (tertiary alicyclic amines) is 1. The summed E-state index contributed by atoms with van der Waals surface area (Å²) >= 11 is 1.72. The molecule has 1 fully saturated rings. The van der Waals surface area contributed by atoms with Gasteiger partial charge in [0.25, 0.3) is 5.91 Å². The van der Waals surface area contributed by atoms with Crippen molar-refractivity contribution in [2.45, 2.75) is 45.5 Å². The molecule has 2 atom stereocenters. The first-order chi connectivity index (χ1) is 14.9. The molecule has 1 aromatic carbocycles. The van der Waals surface area contributed by atoms with Crippen LogP contribution in [0.5, 0.6) is 5.75 Å². The minimum atomic E-state index is -1.33. The number of thiophene rings is 1. The van der Waals surface area contributed by atoms with Crippen LogP contribution in [0.1, 0.15) is 31.7 Å². The van der Waals surface area contributed by atoms with E-state index in [1.165, 1.54) is 10.4 Å². The van der Waals surface area contributed by atoms with E-state index in [0.717, 1.165) is 29.3 Å². The standard InChI is InChI=1S/C24H28N2O4S/c1-15-8-11-31-23(15)20-7-9-25-21-13-18(5-6-19(20)21)30-16(2)24(29)26-10-3-4-17(14-26)12-22(27)28/h5-9,11,13,16-17,22,27-28H,3-4,10,12,14H2,1-2H3/t16-,17-/m1/s1. The number of hydrogen-bond donors (Lipinski definition) is 2. The van der Waals surface area contributed by atoms with Gasteiger partial charge < -0.3 is 19.8 Å². The molecule has 0 bridgehead atoms. The highest BCUT2D eigenvalue weighted by molar-refractivity contribution is 7.13. The zero-order chi connectivity index (χ0) is 22.0. The van der Waals surface area contributed by atoms with Gasteiger partial charge >= 0.3 is 0 Å². The van der Waals surface area contributed by atoms with Crippen LogP contribution in [-0.2, 0) is 4.79 Å². The summed E-state index contributed by atoms with van der Waals surface area (Å²) in [6, 6.07) is 9.92. The van der Waals surface area contributed by atoms with E-state index >= 15 is 0 Å². The van der Waals surface area contributed by atoms with E-state index in [-0.39, 0.29) is 11.8 Å². The summed E-state index contributed by atoms with van der Waals surface area (Å²) < 4.78 is 5.98. The number of pyridine rings is 1. The van der Waals surface area contributed by atoms with E-state index < -0.39 is 12.4 Å². The maximum absolute atomic E-state index is 12.9. The second kappa shape index (κ2) is 9.34. The van der Waals surface area contributed by atoms with E-state index in [9.17, 15) is 15.0 Å². The molecule has 3 aromatic rings. The highest BCUT2D eigenvalue weighted by Gasteiger charge is 2.28. The Morgan fingerprint density at radius 2 is 2.16 bits per heavy atom. The molecule has 7 heteroatoms. The van der Waals surface area contributed by atoms with Crippen molar-refractivity contribution < 1.29 is 19.7 Å². The van der Waals surface area contributed by atoms with Crippen molar-refractivity contribution in [1.82, 2.24) is 9.88 Å². The van der Waals surface area contributed by atoms with Crippen molar-refractivity contribution in [2.24, 2.45) is 5.92 Å². The Kier molecular flexibility index (Phi) is 6.55. The predicted molar refractivity (Wildman–Crippen MR) is 122 cm³/mol. The first-order valence-electron chi connectivity index (χ1n) is 10.7. The number of hydrogen-bond acceptors (Lipinski definition) is 6. The summed E-state index contributed by atoms with van der Waals surface area (Å²) in [6.07, 6.45) is 1.90. The molecule has 1 amide bonds. The van der Waals surface area contributed by atoms with Gasteiger partial charge in [-0.1, -0.05) is 0 Å². The molecular formula is C24H28N2O4S. The van der Waals surface area contributed by atoms with Crippen molar-refractivity contribution in [2.75, 3.05) is 13.1 Å². The van der Waals surface area contributed by atoms with Crippen LogP contribution in [0, 0.1) is 12.8 Å². The number of aliphatic hydroxyl groups excluding tert-OH is 1. The van der Waals surface area contributed by atoms with Gasteiger partial charge in [0.05, 0.1) is 5.52 Å². The number of piperidine rings is 1. The highest BCUT2D eigenvalue weighted by Crippen LogP contribution is 2.35. The Labute approximate surface area is 186 Å². The van der Waals surface area contributed by atoms with Crippen LogP contribution in [0.15, 0.2) is 41.9 Å². The average Bonchev–Trinajstić information content (AvgIpc) is 3.18. The van der Waals surface area contributed by atoms with Gasteiger partial charge in [0.1, 0.15) is 5.75 Å². The lowest BCUT2D eigenvalue weighted by atomic mass is 9.94.